The Morgan fingerprint density at radius 1 is 1.19 bits per heavy atom. The van der Waals surface area contributed by atoms with Gasteiger partial charge in [0.25, 0.3) is 5.91 Å². The van der Waals surface area contributed by atoms with Gasteiger partial charge in [0.05, 0.1) is 5.41 Å². The SMILES string of the molecule is NCC1(C(=O)NCCc2ccc(OCC(=O)NC3CC3)cc2)CCOCC1. The lowest BCUT2D eigenvalue weighted by molar-refractivity contribution is -0.135. The molecule has 148 valence electrons. The minimum atomic E-state index is -0.489. The van der Waals surface area contributed by atoms with Gasteiger partial charge in [0.1, 0.15) is 5.75 Å². The number of hydrogen-bond donors (Lipinski definition) is 3. The van der Waals surface area contributed by atoms with Gasteiger partial charge in [-0.05, 0) is 49.8 Å². The lowest BCUT2D eigenvalue weighted by Gasteiger charge is -2.34. The number of nitrogens with two attached hydrogens (primary N) is 1. The molecule has 0 spiro atoms. The maximum absolute atomic E-state index is 12.5. The molecule has 0 bridgehead atoms. The van der Waals surface area contributed by atoms with E-state index in [1.165, 1.54) is 0 Å². The minimum absolute atomic E-state index is 0.0231. The molecule has 0 radical (unpaired) electrons. The fraction of sp³-hybridized carbons (Fsp3) is 0.600. The first-order valence-corrected chi connectivity index (χ1v) is 9.68. The van der Waals surface area contributed by atoms with E-state index in [2.05, 4.69) is 10.6 Å². The molecule has 7 nitrogen and oxygen atoms in total. The zero-order chi connectivity index (χ0) is 19.1. The van der Waals surface area contributed by atoms with Gasteiger partial charge in [-0.15, -0.1) is 0 Å². The molecule has 2 aliphatic rings. The minimum Gasteiger partial charge on any atom is -0.484 e. The van der Waals surface area contributed by atoms with Crippen molar-refractivity contribution in [3.8, 4) is 5.75 Å². The molecule has 0 unspecified atom stereocenters. The van der Waals surface area contributed by atoms with Crippen LogP contribution in [0.5, 0.6) is 5.75 Å². The summed E-state index contributed by atoms with van der Waals surface area (Å²) in [6, 6.07) is 7.95. The molecule has 1 aliphatic carbocycles. The first-order chi connectivity index (χ1) is 13.1. The summed E-state index contributed by atoms with van der Waals surface area (Å²) in [6.07, 6.45) is 4.21. The predicted octanol–water partition coefficient (Wildman–Crippen LogP) is 0.758. The number of amides is 2. The van der Waals surface area contributed by atoms with E-state index in [0.29, 0.717) is 50.9 Å². The summed E-state index contributed by atoms with van der Waals surface area (Å²) in [5.41, 5.74) is 6.47. The fourth-order valence-corrected chi connectivity index (χ4v) is 3.19. The van der Waals surface area contributed by atoms with Crippen LogP contribution in [-0.2, 0) is 20.7 Å². The summed E-state index contributed by atoms with van der Waals surface area (Å²) in [5, 5.41) is 5.90. The molecule has 7 heteroatoms. The van der Waals surface area contributed by atoms with Gasteiger partial charge < -0.3 is 25.8 Å². The van der Waals surface area contributed by atoms with Crippen LogP contribution in [0.15, 0.2) is 24.3 Å². The molecule has 27 heavy (non-hydrogen) atoms. The van der Waals surface area contributed by atoms with E-state index in [1.807, 2.05) is 24.3 Å². The molecule has 0 aromatic heterocycles. The largest absolute Gasteiger partial charge is 0.484 e. The Kier molecular flexibility index (Phi) is 6.68. The lowest BCUT2D eigenvalue weighted by Crippen LogP contribution is -2.49. The van der Waals surface area contributed by atoms with Gasteiger partial charge in [0.2, 0.25) is 5.91 Å². The second kappa shape index (κ2) is 9.19. The third-order valence-electron chi connectivity index (χ3n) is 5.26. The van der Waals surface area contributed by atoms with Crippen molar-refractivity contribution >= 4 is 11.8 Å². The van der Waals surface area contributed by atoms with Crippen LogP contribution in [0.4, 0.5) is 0 Å². The average molecular weight is 375 g/mol. The zero-order valence-corrected chi connectivity index (χ0v) is 15.7. The number of carbonyl (C=O) groups excluding carboxylic acids is 2. The second-order valence-corrected chi connectivity index (χ2v) is 7.38. The topological polar surface area (TPSA) is 103 Å². The Morgan fingerprint density at radius 3 is 2.52 bits per heavy atom. The van der Waals surface area contributed by atoms with Crippen LogP contribution in [0.3, 0.4) is 0 Å². The standard InChI is InChI=1S/C20H29N3O4/c21-14-20(8-11-26-12-9-20)19(25)22-10-7-15-1-5-17(6-2-15)27-13-18(24)23-16-3-4-16/h1-2,5-6,16H,3-4,7-14,21H2,(H,22,25)(H,23,24). The van der Waals surface area contributed by atoms with E-state index in [9.17, 15) is 9.59 Å². The van der Waals surface area contributed by atoms with E-state index < -0.39 is 5.41 Å². The van der Waals surface area contributed by atoms with Crippen molar-refractivity contribution in [3.05, 3.63) is 29.8 Å². The van der Waals surface area contributed by atoms with Crippen molar-refractivity contribution in [1.29, 1.82) is 0 Å². The number of benzene rings is 1. The fourth-order valence-electron chi connectivity index (χ4n) is 3.19. The number of nitrogens with one attached hydrogen (secondary N) is 2. The summed E-state index contributed by atoms with van der Waals surface area (Å²) in [7, 11) is 0. The van der Waals surface area contributed by atoms with Gasteiger partial charge in [0.15, 0.2) is 6.61 Å². The predicted molar refractivity (Wildman–Crippen MR) is 101 cm³/mol. The maximum atomic E-state index is 12.5. The molecule has 2 amide bonds. The van der Waals surface area contributed by atoms with Crippen LogP contribution in [0.25, 0.3) is 0 Å². The van der Waals surface area contributed by atoms with Crippen molar-refractivity contribution in [2.45, 2.75) is 38.1 Å². The van der Waals surface area contributed by atoms with Gasteiger partial charge in [-0.25, -0.2) is 0 Å². The van der Waals surface area contributed by atoms with Gasteiger partial charge >= 0.3 is 0 Å². The Balaban J connectivity index is 1.39. The Bertz CT molecular complexity index is 637. The highest BCUT2D eigenvalue weighted by molar-refractivity contribution is 5.83. The van der Waals surface area contributed by atoms with Crippen LogP contribution < -0.4 is 21.1 Å². The van der Waals surface area contributed by atoms with Crippen molar-refractivity contribution in [3.63, 3.8) is 0 Å². The maximum Gasteiger partial charge on any atom is 0.258 e. The third kappa shape index (κ3) is 5.68. The van der Waals surface area contributed by atoms with Crippen LogP contribution in [0.2, 0.25) is 0 Å². The van der Waals surface area contributed by atoms with E-state index in [1.54, 1.807) is 0 Å². The quantitative estimate of drug-likeness (QED) is 0.591. The lowest BCUT2D eigenvalue weighted by atomic mass is 9.79. The summed E-state index contributed by atoms with van der Waals surface area (Å²) >= 11 is 0. The molecule has 1 aromatic carbocycles. The molecule has 1 heterocycles. The van der Waals surface area contributed by atoms with Crippen LogP contribution in [-0.4, -0.2) is 50.8 Å². The van der Waals surface area contributed by atoms with Crippen molar-refractivity contribution < 1.29 is 19.1 Å². The molecule has 3 rings (SSSR count). The molecule has 0 atom stereocenters. The van der Waals surface area contributed by atoms with E-state index in [0.717, 1.165) is 24.8 Å². The van der Waals surface area contributed by atoms with E-state index in [-0.39, 0.29) is 18.4 Å². The van der Waals surface area contributed by atoms with Crippen molar-refractivity contribution in [1.82, 2.24) is 10.6 Å². The molecule has 2 fully saturated rings. The van der Waals surface area contributed by atoms with Crippen LogP contribution in [0.1, 0.15) is 31.2 Å². The summed E-state index contributed by atoms with van der Waals surface area (Å²) in [4.78, 5) is 24.1. The van der Waals surface area contributed by atoms with Crippen molar-refractivity contribution in [2.24, 2.45) is 11.1 Å². The Labute approximate surface area is 160 Å². The number of rotatable bonds is 9. The van der Waals surface area contributed by atoms with Crippen molar-refractivity contribution in [2.75, 3.05) is 32.9 Å². The average Bonchev–Trinajstić information content (AvgIpc) is 3.51. The first-order valence-electron chi connectivity index (χ1n) is 9.68. The van der Waals surface area contributed by atoms with Gasteiger partial charge in [-0.2, -0.15) is 0 Å². The highest BCUT2D eigenvalue weighted by Crippen LogP contribution is 2.29. The van der Waals surface area contributed by atoms with Crippen LogP contribution >= 0.6 is 0 Å². The summed E-state index contributed by atoms with van der Waals surface area (Å²) in [6.45, 7) is 2.13. The number of hydrogen-bond acceptors (Lipinski definition) is 5. The monoisotopic (exact) mass is 375 g/mol. The first kappa shape index (κ1) is 19.6. The van der Waals surface area contributed by atoms with E-state index in [4.69, 9.17) is 15.2 Å². The van der Waals surface area contributed by atoms with E-state index >= 15 is 0 Å². The van der Waals surface area contributed by atoms with Gasteiger partial charge in [-0.3, -0.25) is 9.59 Å². The summed E-state index contributed by atoms with van der Waals surface area (Å²) in [5.74, 6) is 0.610. The Morgan fingerprint density at radius 2 is 1.89 bits per heavy atom. The molecular weight excluding hydrogens is 346 g/mol. The Hall–Kier alpha value is -2.12. The van der Waals surface area contributed by atoms with Gasteiger partial charge in [-0.1, -0.05) is 12.1 Å². The highest BCUT2D eigenvalue weighted by atomic mass is 16.5. The number of carbonyl (C=O) groups is 2. The highest BCUT2D eigenvalue weighted by Gasteiger charge is 2.38. The summed E-state index contributed by atoms with van der Waals surface area (Å²) < 4.78 is 10.8. The molecule has 4 N–H and O–H groups in total. The van der Waals surface area contributed by atoms with Crippen LogP contribution in [0, 0.1) is 5.41 Å². The molecular formula is C20H29N3O4. The second-order valence-electron chi connectivity index (χ2n) is 7.38. The molecule has 1 aromatic rings. The molecule has 1 saturated heterocycles. The zero-order valence-electron chi connectivity index (χ0n) is 15.7. The molecule has 1 saturated carbocycles. The third-order valence-corrected chi connectivity index (χ3v) is 5.26. The normalized spacial score (nSPS) is 18.6. The smallest absolute Gasteiger partial charge is 0.258 e. The number of ether oxygens (including phenoxy) is 2. The van der Waals surface area contributed by atoms with Gasteiger partial charge in [0, 0.05) is 32.3 Å². The molecule has 1 aliphatic heterocycles.